The smallest absolute Gasteiger partial charge is 0.264 e. The van der Waals surface area contributed by atoms with Crippen molar-refractivity contribution >= 4 is 42.7 Å². The van der Waals surface area contributed by atoms with Crippen LogP contribution < -0.4 is 0 Å². The molecule has 2 unspecified atom stereocenters. The number of nitrogens with zero attached hydrogens (tertiary/aromatic N) is 1. The fourth-order valence-electron chi connectivity index (χ4n) is 3.94. The van der Waals surface area contributed by atoms with Gasteiger partial charge in [-0.25, -0.2) is 0 Å². The Morgan fingerprint density at radius 1 is 1.03 bits per heavy atom. The first kappa shape index (κ1) is 22.9. The van der Waals surface area contributed by atoms with Gasteiger partial charge in [-0.15, -0.1) is 0 Å². The first-order valence-corrected chi connectivity index (χ1v) is 12.9. The van der Waals surface area contributed by atoms with Gasteiger partial charge < -0.3 is 9.64 Å². The summed E-state index contributed by atoms with van der Waals surface area (Å²) in [5.41, 5.74) is 1.52. The average Bonchev–Trinajstić information content (AvgIpc) is 2.78. The summed E-state index contributed by atoms with van der Waals surface area (Å²) in [5.74, 6) is -0.150. The van der Waals surface area contributed by atoms with Crippen LogP contribution in [0.1, 0.15) is 22.3 Å². The molecule has 168 valence electrons. The van der Waals surface area contributed by atoms with E-state index in [0.717, 1.165) is 27.1 Å². The van der Waals surface area contributed by atoms with Crippen molar-refractivity contribution in [1.29, 1.82) is 0 Å². The molecule has 2 atom stereocenters. The molecule has 1 fully saturated rings. The number of benzene rings is 3. The average molecular weight is 518 g/mol. The van der Waals surface area contributed by atoms with Crippen molar-refractivity contribution in [3.05, 3.63) is 82.3 Å². The highest BCUT2D eigenvalue weighted by atomic mass is 79.9. The summed E-state index contributed by atoms with van der Waals surface area (Å²) in [6.45, 7) is 0.900. The Balaban J connectivity index is 1.49. The lowest BCUT2D eigenvalue weighted by molar-refractivity contribution is -0.0669. The first-order chi connectivity index (χ1) is 15.3. The summed E-state index contributed by atoms with van der Waals surface area (Å²) >= 11 is 3.67. The molecule has 1 heterocycles. The van der Waals surface area contributed by atoms with Crippen LogP contribution in [0.4, 0.5) is 0 Å². The van der Waals surface area contributed by atoms with E-state index in [1.807, 2.05) is 42.5 Å². The molecule has 4 rings (SSSR count). The minimum absolute atomic E-state index is 0.143. The van der Waals surface area contributed by atoms with E-state index in [4.69, 9.17) is 8.92 Å². The van der Waals surface area contributed by atoms with Crippen LogP contribution in [0.25, 0.3) is 10.8 Å². The van der Waals surface area contributed by atoms with Crippen molar-refractivity contribution in [1.82, 2.24) is 4.90 Å². The minimum Gasteiger partial charge on any atom is -0.371 e. The Kier molecular flexibility index (Phi) is 6.95. The third kappa shape index (κ3) is 5.38. The van der Waals surface area contributed by atoms with Crippen LogP contribution in [0.15, 0.2) is 71.2 Å². The third-order valence-corrected chi connectivity index (χ3v) is 7.03. The van der Waals surface area contributed by atoms with Gasteiger partial charge in [-0.3, -0.25) is 8.98 Å². The number of ether oxygens (including phenoxy) is 1. The quantitative estimate of drug-likeness (QED) is 0.453. The second-order valence-electron chi connectivity index (χ2n) is 7.85. The van der Waals surface area contributed by atoms with Gasteiger partial charge in [0.2, 0.25) is 0 Å². The summed E-state index contributed by atoms with van der Waals surface area (Å²) in [4.78, 5) is 14.5. The minimum atomic E-state index is -3.72. The van der Waals surface area contributed by atoms with Crippen LogP contribution in [0.5, 0.6) is 0 Å². The Hall–Kier alpha value is -2.26. The zero-order chi connectivity index (χ0) is 22.7. The second kappa shape index (κ2) is 9.70. The van der Waals surface area contributed by atoms with Crippen LogP contribution in [-0.4, -0.2) is 50.8 Å². The highest BCUT2D eigenvalue weighted by Gasteiger charge is 2.35. The standard InChI is InChI=1S/C24H24BrNO5S/c1-32(28,29)31-22-15-26(24(27)18-8-3-2-4-9-18)14-13-21(22)30-16-19-12-11-17-7-5-6-10-20(17)23(19)25/h2-12,21-22H,13-16H2,1H3. The molecule has 0 aliphatic carbocycles. The number of fused-ring (bicyclic) bond motifs is 1. The van der Waals surface area contributed by atoms with E-state index in [-0.39, 0.29) is 12.5 Å². The number of hydrogen-bond donors (Lipinski definition) is 0. The Labute approximate surface area is 196 Å². The summed E-state index contributed by atoms with van der Waals surface area (Å²) in [6, 6.07) is 21.0. The lowest BCUT2D eigenvalue weighted by Crippen LogP contribution is -2.51. The Morgan fingerprint density at radius 2 is 1.75 bits per heavy atom. The van der Waals surface area contributed by atoms with Crippen molar-refractivity contribution in [2.45, 2.75) is 25.2 Å². The normalized spacial score (nSPS) is 19.2. The Bertz CT molecular complexity index is 1220. The summed E-state index contributed by atoms with van der Waals surface area (Å²) in [7, 11) is -3.72. The van der Waals surface area contributed by atoms with Crippen molar-refractivity contribution in [3.63, 3.8) is 0 Å². The number of piperidine rings is 1. The number of rotatable bonds is 6. The number of carbonyl (C=O) groups excluding carboxylic acids is 1. The first-order valence-electron chi connectivity index (χ1n) is 10.3. The van der Waals surface area contributed by atoms with Crippen molar-refractivity contribution < 1.29 is 22.1 Å². The molecule has 0 aromatic heterocycles. The topological polar surface area (TPSA) is 72.9 Å². The molecule has 3 aromatic carbocycles. The maximum absolute atomic E-state index is 12.8. The van der Waals surface area contributed by atoms with Crippen LogP contribution in [0.2, 0.25) is 0 Å². The lowest BCUT2D eigenvalue weighted by Gasteiger charge is -2.37. The zero-order valence-electron chi connectivity index (χ0n) is 17.6. The van der Waals surface area contributed by atoms with Gasteiger partial charge in [-0.1, -0.05) is 54.6 Å². The van der Waals surface area contributed by atoms with Gasteiger partial charge in [0.05, 0.1) is 25.5 Å². The summed E-state index contributed by atoms with van der Waals surface area (Å²) < 4.78 is 36.2. The molecule has 8 heteroatoms. The predicted octanol–water partition coefficient (Wildman–Crippen LogP) is 4.38. The molecular weight excluding hydrogens is 494 g/mol. The molecule has 1 aliphatic rings. The van der Waals surface area contributed by atoms with E-state index in [0.29, 0.717) is 25.1 Å². The molecule has 0 N–H and O–H groups in total. The second-order valence-corrected chi connectivity index (χ2v) is 10.2. The van der Waals surface area contributed by atoms with Crippen LogP contribution in [-0.2, 0) is 25.6 Å². The maximum Gasteiger partial charge on any atom is 0.264 e. The molecule has 0 spiro atoms. The fraction of sp³-hybridized carbons (Fsp3) is 0.292. The number of amides is 1. The lowest BCUT2D eigenvalue weighted by atomic mass is 10.0. The number of likely N-dealkylation sites (tertiary alicyclic amines) is 1. The fourth-order valence-corrected chi connectivity index (χ4v) is 5.18. The summed E-state index contributed by atoms with van der Waals surface area (Å²) in [6.07, 6.45) is 0.264. The molecular formula is C24H24BrNO5S. The molecule has 0 bridgehead atoms. The molecule has 3 aromatic rings. The molecule has 1 amide bonds. The van der Waals surface area contributed by atoms with Gasteiger partial charge in [0.25, 0.3) is 16.0 Å². The van der Waals surface area contributed by atoms with Crippen LogP contribution in [0.3, 0.4) is 0 Å². The maximum atomic E-state index is 12.8. The molecule has 32 heavy (non-hydrogen) atoms. The van der Waals surface area contributed by atoms with E-state index < -0.39 is 22.3 Å². The monoisotopic (exact) mass is 517 g/mol. The van der Waals surface area contributed by atoms with Gasteiger partial charge in [-0.05, 0) is 50.8 Å². The van der Waals surface area contributed by atoms with Crippen molar-refractivity contribution in [3.8, 4) is 0 Å². The SMILES string of the molecule is CS(=O)(=O)OC1CN(C(=O)c2ccccc2)CCC1OCc1ccc2ccccc2c1Br. The van der Waals surface area contributed by atoms with Gasteiger partial charge in [0.1, 0.15) is 6.10 Å². The van der Waals surface area contributed by atoms with Gasteiger partial charge in [-0.2, -0.15) is 8.42 Å². The van der Waals surface area contributed by atoms with Gasteiger partial charge >= 0.3 is 0 Å². The van der Waals surface area contributed by atoms with E-state index in [1.54, 1.807) is 29.2 Å². The predicted molar refractivity (Wildman–Crippen MR) is 127 cm³/mol. The zero-order valence-corrected chi connectivity index (χ0v) is 20.0. The molecule has 6 nitrogen and oxygen atoms in total. The van der Waals surface area contributed by atoms with Gasteiger partial charge in [0.15, 0.2) is 0 Å². The van der Waals surface area contributed by atoms with E-state index >= 15 is 0 Å². The molecule has 1 aliphatic heterocycles. The molecule has 0 radical (unpaired) electrons. The van der Waals surface area contributed by atoms with Crippen molar-refractivity contribution in [2.75, 3.05) is 19.3 Å². The largest absolute Gasteiger partial charge is 0.371 e. The number of halogens is 1. The highest BCUT2D eigenvalue weighted by molar-refractivity contribution is 9.10. The van der Waals surface area contributed by atoms with Crippen molar-refractivity contribution in [2.24, 2.45) is 0 Å². The summed E-state index contributed by atoms with van der Waals surface area (Å²) in [5, 5.41) is 2.20. The van der Waals surface area contributed by atoms with Crippen LogP contribution >= 0.6 is 15.9 Å². The third-order valence-electron chi connectivity index (χ3n) is 5.50. The number of carbonyl (C=O) groups is 1. The number of hydrogen-bond acceptors (Lipinski definition) is 5. The van der Waals surface area contributed by atoms with Gasteiger partial charge in [0, 0.05) is 16.6 Å². The highest BCUT2D eigenvalue weighted by Crippen LogP contribution is 2.29. The molecule has 0 saturated carbocycles. The van der Waals surface area contributed by atoms with E-state index in [2.05, 4.69) is 15.9 Å². The Morgan fingerprint density at radius 3 is 2.50 bits per heavy atom. The van der Waals surface area contributed by atoms with Crippen LogP contribution in [0, 0.1) is 0 Å². The van der Waals surface area contributed by atoms with E-state index in [1.165, 1.54) is 0 Å². The van der Waals surface area contributed by atoms with E-state index in [9.17, 15) is 13.2 Å². The molecule has 1 saturated heterocycles.